The van der Waals surface area contributed by atoms with Gasteiger partial charge in [0.1, 0.15) is 23.0 Å². The van der Waals surface area contributed by atoms with Crippen LogP contribution in [0.15, 0.2) is 158 Å². The second kappa shape index (κ2) is 11.1. The van der Waals surface area contributed by atoms with E-state index in [9.17, 15) is 0 Å². The van der Waals surface area contributed by atoms with Gasteiger partial charge in [-0.1, -0.05) is 109 Å². The Hall–Kier alpha value is -7.30. The van der Waals surface area contributed by atoms with Crippen molar-refractivity contribution in [2.24, 2.45) is 0 Å². The van der Waals surface area contributed by atoms with Crippen LogP contribution in [0.3, 0.4) is 0 Å². The number of ether oxygens (including phenoxy) is 2. The van der Waals surface area contributed by atoms with Crippen LogP contribution in [0.5, 0.6) is 23.0 Å². The molecule has 8 aromatic rings. The zero-order valence-electron chi connectivity index (χ0n) is 29.0. The van der Waals surface area contributed by atoms with Gasteiger partial charge in [0.15, 0.2) is 0 Å². The van der Waals surface area contributed by atoms with Crippen molar-refractivity contribution >= 4 is 69.2 Å². The predicted octanol–water partition coefficient (Wildman–Crippen LogP) is 14.3. The normalized spacial score (nSPS) is 13.6. The Kier molecular flexibility index (Phi) is 6.02. The van der Waals surface area contributed by atoms with Crippen molar-refractivity contribution in [3.05, 3.63) is 180 Å². The Bertz CT molecular complexity index is 2670. The van der Waals surface area contributed by atoms with Gasteiger partial charge in [-0.15, -0.1) is 0 Å². The molecule has 0 unspecified atom stereocenters. The van der Waals surface area contributed by atoms with E-state index in [0.29, 0.717) is 0 Å². The molecule has 0 saturated carbocycles. The highest BCUT2D eigenvalue weighted by Gasteiger charge is 2.30. The fourth-order valence-electron chi connectivity index (χ4n) is 8.71. The van der Waals surface area contributed by atoms with Crippen LogP contribution >= 0.6 is 0 Å². The summed E-state index contributed by atoms with van der Waals surface area (Å²) in [5.74, 6) is 3.35. The van der Waals surface area contributed by atoms with Crippen LogP contribution in [0, 0.1) is 0 Å². The number of nitrogens with zero attached hydrogens (tertiary/aromatic N) is 2. The first-order chi connectivity index (χ1) is 26.8. The van der Waals surface area contributed by atoms with Crippen LogP contribution in [0.2, 0.25) is 0 Å². The number of benzene rings is 8. The molecule has 0 atom stereocenters. The van der Waals surface area contributed by atoms with Gasteiger partial charge in [-0.05, 0) is 94.0 Å². The van der Waals surface area contributed by atoms with E-state index in [1.807, 2.05) is 0 Å². The molecule has 0 aromatic heterocycles. The number of rotatable bonds is 2. The van der Waals surface area contributed by atoms with Crippen molar-refractivity contribution < 1.29 is 9.47 Å². The molecule has 0 spiro atoms. The molecule has 4 heterocycles. The third-order valence-corrected chi connectivity index (χ3v) is 11.1. The first-order valence-electron chi connectivity index (χ1n) is 18.3. The molecule has 4 aliphatic heterocycles. The van der Waals surface area contributed by atoms with Crippen LogP contribution in [0.4, 0.5) is 34.1 Å². The third-order valence-electron chi connectivity index (χ3n) is 11.1. The van der Waals surface area contributed by atoms with Gasteiger partial charge in [0.25, 0.3) is 0 Å². The fourth-order valence-corrected chi connectivity index (χ4v) is 8.71. The van der Waals surface area contributed by atoms with Crippen LogP contribution in [-0.2, 0) is 0 Å². The van der Waals surface area contributed by atoms with E-state index in [1.54, 1.807) is 0 Å². The molecule has 0 N–H and O–H groups in total. The zero-order valence-corrected chi connectivity index (χ0v) is 29.0. The summed E-state index contributed by atoms with van der Waals surface area (Å²) < 4.78 is 13.6. The van der Waals surface area contributed by atoms with E-state index in [0.717, 1.165) is 90.1 Å². The smallest absolute Gasteiger partial charge is 0.137 e. The molecular formula is C50H30N2O2. The summed E-state index contributed by atoms with van der Waals surface area (Å²) in [6.45, 7) is 0. The highest BCUT2D eigenvalue weighted by molar-refractivity contribution is 6.14. The molecule has 0 fully saturated rings. The average Bonchev–Trinajstić information content (AvgIpc) is 3.50. The standard InChI is InChI=1S/C50H30N2O2/c1-5-13-41-31(9-1)17-18-32-10-2-6-14-42(32)51(41)35-21-23-37-39-25-26-40-38-24-22-36(30-48(38)54-46-28-27-45(49(39)50(40)46)53-47(37)29-35)52-43-15-7-3-11-33(43)19-20-34-12-4-8-16-44(34)52/h1-30H. The van der Waals surface area contributed by atoms with Crippen molar-refractivity contribution in [2.75, 3.05) is 9.80 Å². The summed E-state index contributed by atoms with van der Waals surface area (Å²) in [6.07, 6.45) is 8.80. The molecule has 0 aliphatic carbocycles. The molecule has 0 radical (unpaired) electrons. The van der Waals surface area contributed by atoms with E-state index in [4.69, 9.17) is 9.47 Å². The zero-order chi connectivity index (χ0) is 35.3. The van der Waals surface area contributed by atoms with Crippen molar-refractivity contribution in [3.63, 3.8) is 0 Å². The van der Waals surface area contributed by atoms with E-state index in [2.05, 4.69) is 192 Å². The van der Waals surface area contributed by atoms with Gasteiger partial charge in [-0.2, -0.15) is 0 Å². The molecule has 252 valence electrons. The lowest BCUT2D eigenvalue weighted by molar-refractivity contribution is 0.475. The molecule has 0 saturated heterocycles. The van der Waals surface area contributed by atoms with Crippen LogP contribution in [0.25, 0.3) is 57.3 Å². The number of para-hydroxylation sites is 4. The molecule has 4 aliphatic rings. The second-order valence-corrected chi connectivity index (χ2v) is 14.1. The summed E-state index contributed by atoms with van der Waals surface area (Å²) in [5.41, 5.74) is 15.7. The van der Waals surface area contributed by atoms with E-state index in [-0.39, 0.29) is 0 Å². The van der Waals surface area contributed by atoms with Gasteiger partial charge in [0.05, 0.1) is 22.7 Å². The largest absolute Gasteiger partial charge is 0.456 e. The Balaban J connectivity index is 0.971. The average molecular weight is 691 g/mol. The number of fused-ring (bicyclic) bond motifs is 8. The Morgan fingerprint density at radius 3 is 1.00 bits per heavy atom. The molecule has 0 bridgehead atoms. The minimum absolute atomic E-state index is 0.836. The second-order valence-electron chi connectivity index (χ2n) is 14.1. The highest BCUT2D eigenvalue weighted by atomic mass is 16.5. The minimum atomic E-state index is 0.836. The van der Waals surface area contributed by atoms with Crippen LogP contribution in [0.1, 0.15) is 22.3 Å². The third kappa shape index (κ3) is 4.19. The molecule has 8 aromatic carbocycles. The van der Waals surface area contributed by atoms with Crippen molar-refractivity contribution in [3.8, 4) is 45.3 Å². The molecular weight excluding hydrogens is 661 g/mol. The quantitative estimate of drug-likeness (QED) is 0.180. The predicted molar refractivity (Wildman–Crippen MR) is 222 cm³/mol. The van der Waals surface area contributed by atoms with Crippen LogP contribution in [-0.4, -0.2) is 0 Å². The summed E-state index contributed by atoms with van der Waals surface area (Å²) >= 11 is 0. The maximum absolute atomic E-state index is 6.82. The van der Waals surface area contributed by atoms with Gasteiger partial charge in [0, 0.05) is 45.4 Å². The first-order valence-corrected chi connectivity index (χ1v) is 18.3. The SMILES string of the molecule is C1=Cc2ccccc2N(c2ccc3c(c2)Oc2ccc4c5c(ccc-3c25)-c2ccc(N3c5ccccc5C=Cc5ccccc53)cc2O4)c2ccccc21. The summed E-state index contributed by atoms with van der Waals surface area (Å²) in [7, 11) is 0. The monoisotopic (exact) mass is 690 g/mol. The molecule has 4 heteroatoms. The summed E-state index contributed by atoms with van der Waals surface area (Å²) in [5, 5.41) is 2.16. The van der Waals surface area contributed by atoms with Gasteiger partial charge in [-0.3, -0.25) is 0 Å². The highest BCUT2D eigenvalue weighted by Crippen LogP contribution is 2.57. The first kappa shape index (κ1) is 29.3. The van der Waals surface area contributed by atoms with Gasteiger partial charge < -0.3 is 19.3 Å². The molecule has 4 nitrogen and oxygen atoms in total. The van der Waals surface area contributed by atoms with Crippen molar-refractivity contribution in [2.45, 2.75) is 0 Å². The lowest BCUT2D eigenvalue weighted by Gasteiger charge is -2.31. The summed E-state index contributed by atoms with van der Waals surface area (Å²) in [4.78, 5) is 4.67. The lowest BCUT2D eigenvalue weighted by atomic mass is 9.88. The van der Waals surface area contributed by atoms with Crippen molar-refractivity contribution in [1.82, 2.24) is 0 Å². The summed E-state index contributed by atoms with van der Waals surface area (Å²) in [6, 6.07) is 56.0. The number of anilines is 6. The van der Waals surface area contributed by atoms with Crippen LogP contribution < -0.4 is 19.3 Å². The maximum atomic E-state index is 6.82. The maximum Gasteiger partial charge on any atom is 0.137 e. The van der Waals surface area contributed by atoms with E-state index < -0.39 is 0 Å². The topological polar surface area (TPSA) is 24.9 Å². The van der Waals surface area contributed by atoms with Gasteiger partial charge in [0.2, 0.25) is 0 Å². The minimum Gasteiger partial charge on any atom is -0.456 e. The van der Waals surface area contributed by atoms with E-state index >= 15 is 0 Å². The Labute approximate surface area is 312 Å². The number of hydrogen-bond acceptors (Lipinski definition) is 4. The number of hydrogen-bond donors (Lipinski definition) is 0. The molecule has 12 rings (SSSR count). The molecule has 0 amide bonds. The van der Waals surface area contributed by atoms with Gasteiger partial charge >= 0.3 is 0 Å². The fraction of sp³-hybridized carbons (Fsp3) is 0. The van der Waals surface area contributed by atoms with Gasteiger partial charge in [-0.25, -0.2) is 0 Å². The molecule has 54 heavy (non-hydrogen) atoms. The Morgan fingerprint density at radius 2 is 0.630 bits per heavy atom. The van der Waals surface area contributed by atoms with E-state index in [1.165, 1.54) is 22.3 Å². The van der Waals surface area contributed by atoms with Crippen molar-refractivity contribution in [1.29, 1.82) is 0 Å². The Morgan fingerprint density at radius 1 is 0.296 bits per heavy atom. The lowest BCUT2D eigenvalue weighted by Crippen LogP contribution is -2.12.